The lowest BCUT2D eigenvalue weighted by atomic mass is 9.96. The van der Waals surface area contributed by atoms with Gasteiger partial charge in [0, 0.05) is 5.56 Å². The molecule has 0 amide bonds. The molecule has 1 aromatic carbocycles. The molecule has 0 atom stereocenters. The number of carbonyl (C=O) groups excluding carboxylic acids is 1. The minimum Gasteiger partial charge on any atom is -0.464 e. The Hall–Kier alpha value is -3.28. The molecule has 0 spiro atoms. The molecule has 6 nitrogen and oxygen atoms in total. The summed E-state index contributed by atoms with van der Waals surface area (Å²) in [5.41, 5.74) is 1.40. The number of hydrogen-bond acceptors (Lipinski definition) is 5. The SMILES string of the molecule is CC(=O)c1c(C)nc(-c2ccccc2)c([N+](=O)[O-])c1-c1ccco1. The quantitative estimate of drug-likeness (QED) is 0.403. The van der Waals surface area contributed by atoms with Gasteiger partial charge < -0.3 is 4.42 Å². The lowest BCUT2D eigenvalue weighted by Gasteiger charge is -2.12. The molecule has 0 radical (unpaired) electrons. The van der Waals surface area contributed by atoms with E-state index in [9.17, 15) is 14.9 Å². The first-order chi connectivity index (χ1) is 11.5. The lowest BCUT2D eigenvalue weighted by molar-refractivity contribution is -0.383. The summed E-state index contributed by atoms with van der Waals surface area (Å²) in [6.07, 6.45) is 1.42. The molecule has 6 heteroatoms. The van der Waals surface area contributed by atoms with Crippen molar-refractivity contribution in [2.24, 2.45) is 0 Å². The zero-order valence-electron chi connectivity index (χ0n) is 13.1. The third-order valence-corrected chi connectivity index (χ3v) is 3.70. The number of carbonyl (C=O) groups is 1. The van der Waals surface area contributed by atoms with Crippen LogP contribution in [0, 0.1) is 17.0 Å². The minimum absolute atomic E-state index is 0.170. The van der Waals surface area contributed by atoms with Crippen molar-refractivity contribution in [1.82, 2.24) is 4.98 Å². The van der Waals surface area contributed by atoms with Crippen LogP contribution in [0.5, 0.6) is 0 Å². The van der Waals surface area contributed by atoms with Gasteiger partial charge in [0.25, 0.3) is 0 Å². The molecule has 0 bridgehead atoms. The van der Waals surface area contributed by atoms with Crippen molar-refractivity contribution in [3.63, 3.8) is 0 Å². The number of nitrogens with zero attached hydrogens (tertiary/aromatic N) is 2. The molecule has 0 fully saturated rings. The highest BCUT2D eigenvalue weighted by atomic mass is 16.6. The van der Waals surface area contributed by atoms with Gasteiger partial charge in [0.05, 0.1) is 22.4 Å². The van der Waals surface area contributed by atoms with Crippen LogP contribution in [0.15, 0.2) is 53.1 Å². The third-order valence-electron chi connectivity index (χ3n) is 3.70. The number of pyridine rings is 1. The lowest BCUT2D eigenvalue weighted by Crippen LogP contribution is -2.08. The first-order valence-electron chi connectivity index (χ1n) is 7.30. The highest BCUT2D eigenvalue weighted by molar-refractivity contribution is 6.05. The van der Waals surface area contributed by atoms with E-state index in [1.54, 1.807) is 43.3 Å². The van der Waals surface area contributed by atoms with Crippen LogP contribution in [0.1, 0.15) is 23.0 Å². The van der Waals surface area contributed by atoms with Crippen LogP contribution >= 0.6 is 0 Å². The third kappa shape index (κ3) is 2.58. The summed E-state index contributed by atoms with van der Waals surface area (Å²) in [4.78, 5) is 27.7. The van der Waals surface area contributed by atoms with E-state index in [1.807, 2.05) is 6.07 Å². The van der Waals surface area contributed by atoms with Gasteiger partial charge in [0.1, 0.15) is 17.0 Å². The molecule has 0 saturated carbocycles. The van der Waals surface area contributed by atoms with Gasteiger partial charge in [-0.3, -0.25) is 14.9 Å². The Morgan fingerprint density at radius 1 is 1.17 bits per heavy atom. The summed E-state index contributed by atoms with van der Waals surface area (Å²) < 4.78 is 5.36. The van der Waals surface area contributed by atoms with Crippen molar-refractivity contribution in [1.29, 1.82) is 0 Å². The summed E-state index contributed by atoms with van der Waals surface area (Å²) in [6.45, 7) is 3.03. The van der Waals surface area contributed by atoms with Crippen LogP contribution in [0.25, 0.3) is 22.6 Å². The number of hydrogen-bond donors (Lipinski definition) is 0. The maximum Gasteiger partial charge on any atom is 0.307 e. The molecule has 2 aromatic heterocycles. The number of ketones is 1. The Kier molecular flexibility index (Phi) is 3.95. The van der Waals surface area contributed by atoms with Crippen molar-refractivity contribution < 1.29 is 14.1 Å². The number of aromatic nitrogens is 1. The highest BCUT2D eigenvalue weighted by Gasteiger charge is 2.31. The summed E-state index contributed by atoms with van der Waals surface area (Å²) in [5.74, 6) is -0.0244. The highest BCUT2D eigenvalue weighted by Crippen LogP contribution is 2.41. The summed E-state index contributed by atoms with van der Waals surface area (Å²) in [6, 6.07) is 12.1. The van der Waals surface area contributed by atoms with Gasteiger partial charge in [-0.15, -0.1) is 0 Å². The predicted molar refractivity (Wildman–Crippen MR) is 88.8 cm³/mol. The van der Waals surface area contributed by atoms with Gasteiger partial charge >= 0.3 is 5.69 Å². The molecule has 2 heterocycles. The molecule has 24 heavy (non-hydrogen) atoms. The standard InChI is InChI=1S/C18H14N2O4/c1-11-15(12(2)21)16(14-9-6-10-24-14)18(20(22)23)17(19-11)13-7-4-3-5-8-13/h3-10H,1-2H3. The smallest absolute Gasteiger partial charge is 0.307 e. The van der Waals surface area contributed by atoms with E-state index in [1.165, 1.54) is 13.2 Å². The maximum atomic E-state index is 12.1. The number of nitro groups is 1. The number of aryl methyl sites for hydroxylation is 1. The fourth-order valence-corrected chi connectivity index (χ4v) is 2.76. The van der Waals surface area contributed by atoms with Crippen LogP contribution in [0.3, 0.4) is 0 Å². The number of benzene rings is 1. The minimum atomic E-state index is -0.515. The summed E-state index contributed by atoms with van der Waals surface area (Å²) in [7, 11) is 0. The molecule has 0 aliphatic rings. The van der Waals surface area contributed by atoms with E-state index >= 15 is 0 Å². The molecular formula is C18H14N2O4. The fraction of sp³-hybridized carbons (Fsp3) is 0.111. The van der Waals surface area contributed by atoms with Crippen molar-refractivity contribution in [3.8, 4) is 22.6 Å². The van der Waals surface area contributed by atoms with E-state index in [4.69, 9.17) is 4.42 Å². The van der Waals surface area contributed by atoms with Crippen LogP contribution in [-0.4, -0.2) is 15.7 Å². The largest absolute Gasteiger partial charge is 0.464 e. The first kappa shape index (κ1) is 15.6. The van der Waals surface area contributed by atoms with Crippen molar-refractivity contribution >= 4 is 11.5 Å². The van der Waals surface area contributed by atoms with Crippen LogP contribution in [-0.2, 0) is 0 Å². The maximum absolute atomic E-state index is 12.1. The second-order valence-corrected chi connectivity index (χ2v) is 5.30. The Labute approximate surface area is 137 Å². The zero-order valence-corrected chi connectivity index (χ0v) is 13.1. The van der Waals surface area contributed by atoms with Crippen molar-refractivity contribution in [2.45, 2.75) is 13.8 Å². The second-order valence-electron chi connectivity index (χ2n) is 5.30. The van der Waals surface area contributed by atoms with Gasteiger partial charge in [0.15, 0.2) is 5.78 Å². The van der Waals surface area contributed by atoms with Gasteiger partial charge in [-0.1, -0.05) is 30.3 Å². The number of Topliss-reactive ketones (excluding diaryl/α,β-unsaturated/α-hetero) is 1. The van der Waals surface area contributed by atoms with Crippen molar-refractivity contribution in [3.05, 3.63) is 70.1 Å². The normalized spacial score (nSPS) is 10.6. The summed E-state index contributed by atoms with van der Waals surface area (Å²) >= 11 is 0. The van der Waals surface area contributed by atoms with Gasteiger partial charge in [-0.05, 0) is 26.0 Å². The van der Waals surface area contributed by atoms with Crippen LogP contribution in [0.2, 0.25) is 0 Å². The van der Waals surface area contributed by atoms with Crippen LogP contribution in [0.4, 0.5) is 5.69 Å². The Morgan fingerprint density at radius 2 is 1.88 bits per heavy atom. The number of furan rings is 1. The van der Waals surface area contributed by atoms with Crippen LogP contribution < -0.4 is 0 Å². The molecule has 0 N–H and O–H groups in total. The molecule has 0 saturated heterocycles. The van der Waals surface area contributed by atoms with E-state index in [0.717, 1.165) is 0 Å². The van der Waals surface area contributed by atoms with E-state index in [0.29, 0.717) is 11.3 Å². The Morgan fingerprint density at radius 3 is 2.42 bits per heavy atom. The van der Waals surface area contributed by atoms with E-state index < -0.39 is 4.92 Å². The molecule has 3 rings (SSSR count). The zero-order chi connectivity index (χ0) is 17.3. The molecular weight excluding hydrogens is 308 g/mol. The Bertz CT molecular complexity index is 916. The van der Waals surface area contributed by atoms with Gasteiger partial charge in [-0.25, -0.2) is 4.98 Å². The average molecular weight is 322 g/mol. The van der Waals surface area contributed by atoms with Gasteiger partial charge in [-0.2, -0.15) is 0 Å². The predicted octanol–water partition coefficient (Wildman–Crippen LogP) is 4.43. The van der Waals surface area contributed by atoms with Gasteiger partial charge in [0.2, 0.25) is 0 Å². The summed E-state index contributed by atoms with van der Waals surface area (Å²) in [5, 5.41) is 11.8. The van der Waals surface area contributed by atoms with Crippen molar-refractivity contribution in [2.75, 3.05) is 0 Å². The fourth-order valence-electron chi connectivity index (χ4n) is 2.76. The molecule has 0 aliphatic carbocycles. The number of rotatable bonds is 4. The molecule has 120 valence electrons. The molecule has 0 aliphatic heterocycles. The molecule has 0 unspecified atom stereocenters. The monoisotopic (exact) mass is 322 g/mol. The van der Waals surface area contributed by atoms with E-state index in [2.05, 4.69) is 4.98 Å². The topological polar surface area (TPSA) is 86.2 Å². The first-order valence-corrected chi connectivity index (χ1v) is 7.30. The average Bonchev–Trinajstić information content (AvgIpc) is 3.08. The molecule has 3 aromatic rings. The Balaban J connectivity index is 2.46. The second kappa shape index (κ2) is 6.08. The van der Waals surface area contributed by atoms with E-state index in [-0.39, 0.29) is 34.1 Å².